The standard InChI is InChI=1S/C19H23ClN4O3S/c1-2-9-24-17(26)14-8-7-12(20)10-15(14)22-19(24)28-11-16(25)23-18(27)21-13-5-3-4-6-13/h7-8,10,13H,2-6,9,11H2,1H3,(H2,21,23,25,27). The molecule has 0 saturated heterocycles. The van der Waals surface area contributed by atoms with Crippen LogP contribution in [0.2, 0.25) is 5.02 Å². The van der Waals surface area contributed by atoms with E-state index in [4.69, 9.17) is 11.6 Å². The third kappa shape index (κ3) is 5.05. The number of urea groups is 1. The smallest absolute Gasteiger partial charge is 0.321 e. The highest BCUT2D eigenvalue weighted by Crippen LogP contribution is 2.21. The molecule has 1 fully saturated rings. The lowest BCUT2D eigenvalue weighted by Gasteiger charge is -2.13. The second-order valence-electron chi connectivity index (χ2n) is 6.80. The van der Waals surface area contributed by atoms with Gasteiger partial charge >= 0.3 is 6.03 Å². The zero-order valence-electron chi connectivity index (χ0n) is 15.7. The summed E-state index contributed by atoms with van der Waals surface area (Å²) in [6, 6.07) is 4.62. The van der Waals surface area contributed by atoms with Crippen molar-refractivity contribution < 1.29 is 9.59 Å². The molecular formula is C19H23ClN4O3S. The third-order valence-corrected chi connectivity index (χ3v) is 5.82. The van der Waals surface area contributed by atoms with Gasteiger partial charge in [0.25, 0.3) is 5.56 Å². The summed E-state index contributed by atoms with van der Waals surface area (Å²) in [4.78, 5) is 41.3. The van der Waals surface area contributed by atoms with Crippen molar-refractivity contribution >= 4 is 46.2 Å². The summed E-state index contributed by atoms with van der Waals surface area (Å²) in [7, 11) is 0. The molecule has 3 amide bonds. The normalized spacial score (nSPS) is 14.4. The van der Waals surface area contributed by atoms with Crippen molar-refractivity contribution in [1.29, 1.82) is 0 Å². The first-order valence-corrected chi connectivity index (χ1v) is 10.8. The van der Waals surface area contributed by atoms with Crippen LogP contribution in [0.25, 0.3) is 10.9 Å². The highest BCUT2D eigenvalue weighted by atomic mass is 35.5. The predicted octanol–water partition coefficient (Wildman–Crippen LogP) is 3.32. The summed E-state index contributed by atoms with van der Waals surface area (Å²) in [5.41, 5.74) is 0.331. The van der Waals surface area contributed by atoms with Crippen LogP contribution in [0.15, 0.2) is 28.2 Å². The van der Waals surface area contributed by atoms with E-state index in [0.29, 0.717) is 27.6 Å². The van der Waals surface area contributed by atoms with Crippen LogP contribution in [-0.4, -0.2) is 33.3 Å². The molecule has 0 bridgehead atoms. The lowest BCUT2D eigenvalue weighted by atomic mass is 10.2. The van der Waals surface area contributed by atoms with Crippen molar-refractivity contribution in [3.63, 3.8) is 0 Å². The number of rotatable bonds is 6. The van der Waals surface area contributed by atoms with Gasteiger partial charge in [0.2, 0.25) is 5.91 Å². The van der Waals surface area contributed by atoms with Crippen LogP contribution in [0.3, 0.4) is 0 Å². The molecular weight excluding hydrogens is 400 g/mol. The van der Waals surface area contributed by atoms with Gasteiger partial charge in [0.05, 0.1) is 16.7 Å². The Morgan fingerprint density at radius 1 is 1.32 bits per heavy atom. The fourth-order valence-corrected chi connectivity index (χ4v) is 4.28. The number of hydrogen-bond donors (Lipinski definition) is 2. The number of hydrogen-bond acceptors (Lipinski definition) is 5. The first-order chi connectivity index (χ1) is 13.5. The number of fused-ring (bicyclic) bond motifs is 1. The molecule has 9 heteroatoms. The van der Waals surface area contributed by atoms with Crippen LogP contribution in [0.5, 0.6) is 0 Å². The summed E-state index contributed by atoms with van der Waals surface area (Å²) >= 11 is 7.15. The zero-order chi connectivity index (χ0) is 20.1. The molecule has 2 aromatic rings. The van der Waals surface area contributed by atoms with Crippen molar-refractivity contribution in [3.05, 3.63) is 33.6 Å². The van der Waals surface area contributed by atoms with Crippen molar-refractivity contribution in [1.82, 2.24) is 20.2 Å². The number of nitrogens with zero attached hydrogens (tertiary/aromatic N) is 2. The zero-order valence-corrected chi connectivity index (χ0v) is 17.2. The maximum Gasteiger partial charge on any atom is 0.321 e. The van der Waals surface area contributed by atoms with Crippen LogP contribution >= 0.6 is 23.4 Å². The van der Waals surface area contributed by atoms with Crippen molar-refractivity contribution in [2.45, 2.75) is 56.8 Å². The Bertz CT molecular complexity index is 941. The molecule has 1 aliphatic carbocycles. The van der Waals surface area contributed by atoms with Gasteiger partial charge in [0, 0.05) is 17.6 Å². The number of imide groups is 1. The number of aromatic nitrogens is 2. The monoisotopic (exact) mass is 422 g/mol. The van der Waals surface area contributed by atoms with Crippen LogP contribution in [0, 0.1) is 0 Å². The minimum Gasteiger partial charge on any atom is -0.335 e. The van der Waals surface area contributed by atoms with Crippen molar-refractivity contribution in [2.24, 2.45) is 0 Å². The summed E-state index contributed by atoms with van der Waals surface area (Å²) in [5, 5.41) is 6.57. The minimum absolute atomic E-state index is 0.0136. The highest BCUT2D eigenvalue weighted by molar-refractivity contribution is 7.99. The SMILES string of the molecule is CCCn1c(SCC(=O)NC(=O)NC2CCCC2)nc2cc(Cl)ccc2c1=O. The van der Waals surface area contributed by atoms with Gasteiger partial charge < -0.3 is 5.32 Å². The van der Waals surface area contributed by atoms with Crippen LogP contribution < -0.4 is 16.2 Å². The van der Waals surface area contributed by atoms with Crippen molar-refractivity contribution in [3.8, 4) is 0 Å². The van der Waals surface area contributed by atoms with Crippen molar-refractivity contribution in [2.75, 3.05) is 5.75 Å². The number of nitrogens with one attached hydrogen (secondary N) is 2. The molecule has 1 aromatic carbocycles. The Morgan fingerprint density at radius 2 is 2.07 bits per heavy atom. The largest absolute Gasteiger partial charge is 0.335 e. The molecule has 0 spiro atoms. The molecule has 0 unspecified atom stereocenters. The van der Waals surface area contributed by atoms with Gasteiger partial charge in [-0.25, -0.2) is 9.78 Å². The fourth-order valence-electron chi connectivity index (χ4n) is 3.29. The number of amides is 3. The molecule has 1 saturated carbocycles. The third-order valence-electron chi connectivity index (χ3n) is 4.61. The first kappa shape index (κ1) is 20.7. The Hall–Kier alpha value is -2.06. The molecule has 1 aliphatic rings. The predicted molar refractivity (Wildman–Crippen MR) is 111 cm³/mol. The molecule has 28 heavy (non-hydrogen) atoms. The summed E-state index contributed by atoms with van der Waals surface area (Å²) in [5.74, 6) is -0.440. The Labute approximate surface area is 172 Å². The van der Waals surface area contributed by atoms with E-state index < -0.39 is 11.9 Å². The number of benzene rings is 1. The quantitative estimate of drug-likeness (QED) is 0.550. The molecule has 1 aromatic heterocycles. The lowest BCUT2D eigenvalue weighted by molar-refractivity contribution is -0.117. The molecule has 0 atom stereocenters. The summed E-state index contributed by atoms with van der Waals surface area (Å²) in [6.45, 7) is 2.46. The molecule has 2 N–H and O–H groups in total. The van der Waals surface area contributed by atoms with Crippen LogP contribution in [-0.2, 0) is 11.3 Å². The molecule has 7 nitrogen and oxygen atoms in total. The number of halogens is 1. The lowest BCUT2D eigenvalue weighted by Crippen LogP contribution is -2.44. The highest BCUT2D eigenvalue weighted by Gasteiger charge is 2.19. The Morgan fingerprint density at radius 3 is 2.79 bits per heavy atom. The van der Waals surface area contributed by atoms with Gasteiger partial charge in [-0.2, -0.15) is 0 Å². The second-order valence-corrected chi connectivity index (χ2v) is 8.18. The van der Waals surface area contributed by atoms with E-state index in [1.54, 1.807) is 22.8 Å². The molecule has 0 radical (unpaired) electrons. The average Bonchev–Trinajstić information content (AvgIpc) is 3.15. The number of carbonyl (C=O) groups is 2. The molecule has 150 valence electrons. The van der Waals surface area contributed by atoms with Gasteiger partial charge in [0.15, 0.2) is 5.16 Å². The molecule has 3 rings (SSSR count). The van der Waals surface area contributed by atoms with Gasteiger partial charge in [0.1, 0.15) is 0 Å². The molecule has 0 aliphatic heterocycles. The van der Waals surface area contributed by atoms with Gasteiger partial charge in [-0.3, -0.25) is 19.5 Å². The average molecular weight is 423 g/mol. The van der Waals surface area contributed by atoms with E-state index in [1.807, 2.05) is 6.92 Å². The van der Waals surface area contributed by atoms with E-state index in [-0.39, 0.29) is 17.4 Å². The molecule has 1 heterocycles. The van der Waals surface area contributed by atoms with E-state index in [0.717, 1.165) is 43.9 Å². The topological polar surface area (TPSA) is 93.1 Å². The number of carbonyl (C=O) groups excluding carboxylic acids is 2. The maximum atomic E-state index is 12.8. The first-order valence-electron chi connectivity index (χ1n) is 9.41. The number of thioether (sulfide) groups is 1. The van der Waals surface area contributed by atoms with E-state index in [1.165, 1.54) is 0 Å². The van der Waals surface area contributed by atoms with E-state index in [2.05, 4.69) is 15.6 Å². The summed E-state index contributed by atoms with van der Waals surface area (Å²) < 4.78 is 1.56. The minimum atomic E-state index is -0.471. The van der Waals surface area contributed by atoms with Gasteiger partial charge in [-0.05, 0) is 37.5 Å². The summed E-state index contributed by atoms with van der Waals surface area (Å²) in [6.07, 6.45) is 4.85. The van der Waals surface area contributed by atoms with E-state index >= 15 is 0 Å². The Balaban J connectivity index is 1.70. The van der Waals surface area contributed by atoms with Gasteiger partial charge in [-0.1, -0.05) is 43.1 Å². The fraction of sp³-hybridized carbons (Fsp3) is 0.474. The van der Waals surface area contributed by atoms with E-state index in [9.17, 15) is 14.4 Å². The second kappa shape index (κ2) is 9.43. The van der Waals surface area contributed by atoms with Crippen LogP contribution in [0.4, 0.5) is 4.79 Å². The maximum absolute atomic E-state index is 12.8. The van der Waals surface area contributed by atoms with Gasteiger partial charge in [-0.15, -0.1) is 0 Å². The Kier molecular flexibility index (Phi) is 6.96. The van der Waals surface area contributed by atoms with Crippen LogP contribution in [0.1, 0.15) is 39.0 Å².